The number of ether oxygens (including phenoxy) is 2. The van der Waals surface area contributed by atoms with Crippen molar-refractivity contribution in [1.82, 2.24) is 20.0 Å². The fourth-order valence-corrected chi connectivity index (χ4v) is 3.52. The number of fused-ring (bicyclic) bond motifs is 1. The average Bonchev–Trinajstić information content (AvgIpc) is 3.22. The molecule has 3 rings (SSSR count). The standard InChI is InChI=1S/C21H31N5O2.HI/c1-5-22-21(23-13-16(2)14-26-9-6-8-24-26)25-10-7-17-11-19(27-3)20(28-4)12-18(17)15-25;/h6,8-9,11-12,16H,5,7,10,13-15H2,1-4H3,(H,22,23);1H. The molecule has 1 aromatic carbocycles. The summed E-state index contributed by atoms with van der Waals surface area (Å²) in [4.78, 5) is 7.22. The number of benzene rings is 1. The number of nitrogens with zero attached hydrogens (tertiary/aromatic N) is 4. The fourth-order valence-electron chi connectivity index (χ4n) is 3.52. The topological polar surface area (TPSA) is 63.9 Å². The van der Waals surface area contributed by atoms with Crippen LogP contribution in [0.4, 0.5) is 0 Å². The molecule has 0 saturated carbocycles. The molecule has 160 valence electrons. The van der Waals surface area contributed by atoms with Crippen LogP contribution >= 0.6 is 24.0 Å². The van der Waals surface area contributed by atoms with Crippen LogP contribution in [0.2, 0.25) is 0 Å². The predicted octanol–water partition coefficient (Wildman–Crippen LogP) is 3.18. The molecule has 2 aromatic rings. The number of methoxy groups -OCH3 is 2. The summed E-state index contributed by atoms with van der Waals surface area (Å²) >= 11 is 0. The molecule has 29 heavy (non-hydrogen) atoms. The predicted molar refractivity (Wildman–Crippen MR) is 126 cm³/mol. The normalized spacial score (nSPS) is 14.6. The highest BCUT2D eigenvalue weighted by molar-refractivity contribution is 14.0. The maximum atomic E-state index is 5.48. The molecule has 0 amide bonds. The second kappa shape index (κ2) is 11.3. The number of rotatable bonds is 7. The molecule has 0 radical (unpaired) electrons. The van der Waals surface area contributed by atoms with Crippen molar-refractivity contribution < 1.29 is 9.47 Å². The van der Waals surface area contributed by atoms with Gasteiger partial charge in [-0.2, -0.15) is 5.10 Å². The molecule has 1 aliphatic rings. The Morgan fingerprint density at radius 1 is 1.24 bits per heavy atom. The Balaban J connectivity index is 0.00000300. The van der Waals surface area contributed by atoms with E-state index in [0.29, 0.717) is 5.92 Å². The zero-order valence-electron chi connectivity index (χ0n) is 17.7. The van der Waals surface area contributed by atoms with Crippen LogP contribution in [0.1, 0.15) is 25.0 Å². The summed E-state index contributed by atoms with van der Waals surface area (Å²) in [5.74, 6) is 2.95. The molecule has 0 saturated heterocycles. The van der Waals surface area contributed by atoms with Gasteiger partial charge in [-0.15, -0.1) is 24.0 Å². The molecule has 1 unspecified atom stereocenters. The van der Waals surface area contributed by atoms with Crippen LogP contribution in [0.15, 0.2) is 35.6 Å². The molecular formula is C21H32IN5O2. The molecule has 2 heterocycles. The van der Waals surface area contributed by atoms with Crippen LogP contribution < -0.4 is 14.8 Å². The summed E-state index contributed by atoms with van der Waals surface area (Å²) in [6.45, 7) is 8.54. The van der Waals surface area contributed by atoms with E-state index in [-0.39, 0.29) is 24.0 Å². The summed E-state index contributed by atoms with van der Waals surface area (Å²) in [5.41, 5.74) is 2.58. The Kier molecular flexibility index (Phi) is 9.06. The Bertz CT molecular complexity index is 795. The summed E-state index contributed by atoms with van der Waals surface area (Å²) in [5, 5.41) is 7.73. The second-order valence-electron chi connectivity index (χ2n) is 7.18. The van der Waals surface area contributed by atoms with Crippen LogP contribution in [0.25, 0.3) is 0 Å². The molecule has 0 spiro atoms. The third kappa shape index (κ3) is 6.01. The lowest BCUT2D eigenvalue weighted by molar-refractivity contribution is 0.345. The maximum Gasteiger partial charge on any atom is 0.194 e. The van der Waals surface area contributed by atoms with Crippen molar-refractivity contribution in [3.05, 3.63) is 41.7 Å². The van der Waals surface area contributed by atoms with Gasteiger partial charge in [-0.05, 0) is 48.6 Å². The van der Waals surface area contributed by atoms with Gasteiger partial charge < -0.3 is 19.7 Å². The smallest absolute Gasteiger partial charge is 0.194 e. The number of aliphatic imine (C=N–C) groups is 1. The van der Waals surface area contributed by atoms with Crippen molar-refractivity contribution in [2.24, 2.45) is 10.9 Å². The largest absolute Gasteiger partial charge is 0.493 e. The van der Waals surface area contributed by atoms with Gasteiger partial charge in [0.05, 0.1) is 14.2 Å². The van der Waals surface area contributed by atoms with Crippen molar-refractivity contribution in [3.63, 3.8) is 0 Å². The van der Waals surface area contributed by atoms with E-state index in [9.17, 15) is 0 Å². The fraction of sp³-hybridized carbons (Fsp3) is 0.524. The first kappa shape index (κ1) is 23.3. The van der Waals surface area contributed by atoms with Gasteiger partial charge in [0.15, 0.2) is 17.5 Å². The molecule has 1 aromatic heterocycles. The van der Waals surface area contributed by atoms with Crippen molar-refractivity contribution in [3.8, 4) is 11.5 Å². The summed E-state index contributed by atoms with van der Waals surface area (Å²) < 4.78 is 12.9. The van der Waals surface area contributed by atoms with E-state index in [2.05, 4.69) is 41.3 Å². The number of guanidine groups is 1. The third-order valence-corrected chi connectivity index (χ3v) is 4.96. The van der Waals surface area contributed by atoms with E-state index in [1.54, 1.807) is 14.2 Å². The highest BCUT2D eigenvalue weighted by Gasteiger charge is 2.21. The maximum absolute atomic E-state index is 5.48. The van der Waals surface area contributed by atoms with Crippen molar-refractivity contribution in [2.45, 2.75) is 33.4 Å². The highest BCUT2D eigenvalue weighted by Crippen LogP contribution is 2.33. The molecule has 1 N–H and O–H groups in total. The molecule has 8 heteroatoms. The zero-order chi connectivity index (χ0) is 19.9. The van der Waals surface area contributed by atoms with Gasteiger partial charge in [-0.25, -0.2) is 0 Å². The van der Waals surface area contributed by atoms with E-state index in [1.165, 1.54) is 11.1 Å². The van der Waals surface area contributed by atoms with Crippen molar-refractivity contribution in [1.29, 1.82) is 0 Å². The molecule has 0 bridgehead atoms. The molecule has 1 atom stereocenters. The first-order chi connectivity index (χ1) is 13.6. The number of aromatic nitrogens is 2. The first-order valence-electron chi connectivity index (χ1n) is 9.89. The van der Waals surface area contributed by atoms with Gasteiger partial charge >= 0.3 is 0 Å². The molecule has 0 aliphatic carbocycles. The molecule has 0 fully saturated rings. The lowest BCUT2D eigenvalue weighted by Gasteiger charge is -2.32. The summed E-state index contributed by atoms with van der Waals surface area (Å²) in [7, 11) is 3.36. The minimum atomic E-state index is 0. The molecular weight excluding hydrogens is 481 g/mol. The summed E-state index contributed by atoms with van der Waals surface area (Å²) in [6.07, 6.45) is 4.77. The number of nitrogens with one attached hydrogen (secondary N) is 1. The first-order valence-corrected chi connectivity index (χ1v) is 9.89. The van der Waals surface area contributed by atoms with Crippen molar-refractivity contribution in [2.75, 3.05) is 33.9 Å². The highest BCUT2D eigenvalue weighted by atomic mass is 127. The third-order valence-electron chi connectivity index (χ3n) is 4.96. The summed E-state index contributed by atoms with van der Waals surface area (Å²) in [6, 6.07) is 6.14. The van der Waals surface area contributed by atoms with Gasteiger partial charge in [0, 0.05) is 45.1 Å². The van der Waals surface area contributed by atoms with Gasteiger partial charge in [-0.1, -0.05) is 6.92 Å². The quantitative estimate of drug-likeness (QED) is 0.350. The van der Waals surface area contributed by atoms with Crippen LogP contribution in [-0.4, -0.2) is 54.5 Å². The van der Waals surface area contributed by atoms with Crippen LogP contribution in [0.5, 0.6) is 11.5 Å². The van der Waals surface area contributed by atoms with Crippen LogP contribution in [0.3, 0.4) is 0 Å². The van der Waals surface area contributed by atoms with Gasteiger partial charge in [-0.3, -0.25) is 9.67 Å². The van der Waals surface area contributed by atoms with Gasteiger partial charge in [0.25, 0.3) is 0 Å². The Labute approximate surface area is 190 Å². The number of hydrogen-bond acceptors (Lipinski definition) is 4. The van der Waals surface area contributed by atoms with E-state index < -0.39 is 0 Å². The SMILES string of the molecule is CCNC(=NCC(C)Cn1cccn1)N1CCc2cc(OC)c(OC)cc2C1.I. The minimum Gasteiger partial charge on any atom is -0.493 e. The second-order valence-corrected chi connectivity index (χ2v) is 7.18. The average molecular weight is 513 g/mol. The number of hydrogen-bond donors (Lipinski definition) is 1. The molecule has 7 nitrogen and oxygen atoms in total. The lowest BCUT2D eigenvalue weighted by atomic mass is 9.99. The van der Waals surface area contributed by atoms with E-state index >= 15 is 0 Å². The van der Waals surface area contributed by atoms with Crippen LogP contribution in [0, 0.1) is 5.92 Å². The Hall–Kier alpha value is -1.97. The van der Waals surface area contributed by atoms with Crippen molar-refractivity contribution >= 4 is 29.9 Å². The number of halogens is 1. The van der Waals surface area contributed by atoms with E-state index in [1.807, 2.05) is 23.1 Å². The Morgan fingerprint density at radius 3 is 2.59 bits per heavy atom. The lowest BCUT2D eigenvalue weighted by Crippen LogP contribution is -2.44. The van der Waals surface area contributed by atoms with E-state index in [0.717, 1.165) is 56.6 Å². The van der Waals surface area contributed by atoms with E-state index in [4.69, 9.17) is 14.5 Å². The van der Waals surface area contributed by atoms with Crippen LogP contribution in [-0.2, 0) is 19.5 Å². The van der Waals surface area contributed by atoms with Gasteiger partial charge in [0.2, 0.25) is 0 Å². The molecule has 1 aliphatic heterocycles. The zero-order valence-corrected chi connectivity index (χ0v) is 20.1. The van der Waals surface area contributed by atoms with Gasteiger partial charge in [0.1, 0.15) is 0 Å². The Morgan fingerprint density at radius 2 is 1.97 bits per heavy atom. The minimum absolute atomic E-state index is 0. The monoisotopic (exact) mass is 513 g/mol.